The Bertz CT molecular complexity index is 1750. The number of amides is 2. The van der Waals surface area contributed by atoms with Crippen molar-refractivity contribution >= 4 is 29.2 Å². The van der Waals surface area contributed by atoms with Gasteiger partial charge in [0.05, 0.1) is 36.2 Å². The van der Waals surface area contributed by atoms with Crippen LogP contribution in [0.15, 0.2) is 42.7 Å². The summed E-state index contributed by atoms with van der Waals surface area (Å²) in [7, 11) is 1.74. The number of carbonyl (C=O) groups is 2. The number of aryl methyl sites for hydroxylation is 1. The molecule has 4 aliphatic carbocycles. The van der Waals surface area contributed by atoms with E-state index in [1.54, 1.807) is 23.3 Å². The number of rotatable bonds is 11. The Kier molecular flexibility index (Phi) is 10.9. The smallest absolute Gasteiger partial charge is 0.410 e. The average molecular weight is 743 g/mol. The van der Waals surface area contributed by atoms with Crippen molar-refractivity contribution < 1.29 is 23.8 Å². The molecule has 0 N–H and O–H groups in total. The second-order valence-corrected chi connectivity index (χ2v) is 18.4. The predicted octanol–water partition coefficient (Wildman–Crippen LogP) is 9.25. The summed E-state index contributed by atoms with van der Waals surface area (Å²) in [5, 5.41) is 1.09. The van der Waals surface area contributed by atoms with Gasteiger partial charge in [0.25, 0.3) is 0 Å². The third-order valence-electron chi connectivity index (χ3n) is 12.6. The number of ether oxygens (including phenoxy) is 3. The lowest BCUT2D eigenvalue weighted by Gasteiger charge is -2.55. The SMILES string of the molecule is CCCOC1CN(C(=O)O[C@H]2CC[C@H](C(=O)N(CC34CCC(c5ccc(OC)c(C)c5)(CC3)CC4)c3cc(-c4cnc(C(C)(C)C)s4)ccn3)CC2)C1. The number of thiazole rings is 1. The zero-order valence-corrected chi connectivity index (χ0v) is 33.4. The van der Waals surface area contributed by atoms with Gasteiger partial charge in [0.15, 0.2) is 0 Å². The first kappa shape index (κ1) is 37.8. The Morgan fingerprint density at radius 2 is 1.68 bits per heavy atom. The van der Waals surface area contributed by atoms with Crippen molar-refractivity contribution in [2.45, 2.75) is 128 Å². The van der Waals surface area contributed by atoms with Crippen LogP contribution in [0.1, 0.15) is 114 Å². The molecule has 3 heterocycles. The normalized spacial score (nSPS) is 25.9. The molecule has 0 unspecified atom stereocenters. The third kappa shape index (κ3) is 8.00. The molecule has 9 nitrogen and oxygen atoms in total. The molecule has 0 radical (unpaired) electrons. The second kappa shape index (κ2) is 15.3. The van der Waals surface area contributed by atoms with Crippen LogP contribution in [0.4, 0.5) is 10.6 Å². The molecule has 286 valence electrons. The van der Waals surface area contributed by atoms with Crippen molar-refractivity contribution in [1.29, 1.82) is 0 Å². The Morgan fingerprint density at radius 3 is 2.30 bits per heavy atom. The number of aromatic nitrogens is 2. The van der Waals surface area contributed by atoms with Crippen LogP contribution in [0.3, 0.4) is 0 Å². The van der Waals surface area contributed by atoms with E-state index in [0.29, 0.717) is 45.3 Å². The number of fused-ring (bicyclic) bond motifs is 3. The fraction of sp³-hybridized carbons (Fsp3) is 0.628. The van der Waals surface area contributed by atoms with E-state index in [9.17, 15) is 9.59 Å². The van der Waals surface area contributed by atoms with Gasteiger partial charge in [-0.15, -0.1) is 11.3 Å². The van der Waals surface area contributed by atoms with E-state index < -0.39 is 0 Å². The van der Waals surface area contributed by atoms with Gasteiger partial charge in [-0.25, -0.2) is 14.8 Å². The molecule has 10 heteroatoms. The standard InChI is InChI=1S/C43H58N4O5S/c1-7-22-51-34-26-46(27-34)40(49)52-33-11-8-30(9-12-33)38(48)47(37-24-31(14-21-44-37)36-25-45-39(53-36)41(3,4)5)28-42-15-18-43(19-16-42,20-17-42)32-10-13-35(50-6)29(2)23-32/h10,13-14,21,23-25,30,33-34H,7-9,11-12,15-20,22,26-28H2,1-6H3/t30-,33-,42?,43?. The first-order valence-corrected chi connectivity index (χ1v) is 20.7. The zero-order valence-electron chi connectivity index (χ0n) is 32.6. The highest BCUT2D eigenvalue weighted by Crippen LogP contribution is 2.58. The maximum atomic E-state index is 14.8. The topological polar surface area (TPSA) is 94.1 Å². The molecule has 5 aliphatic rings. The van der Waals surface area contributed by atoms with Gasteiger partial charge in [-0.05, 0) is 123 Å². The minimum atomic E-state index is -0.258. The van der Waals surface area contributed by atoms with Crippen molar-refractivity contribution in [2.75, 3.05) is 38.3 Å². The van der Waals surface area contributed by atoms with E-state index in [-0.39, 0.29) is 46.4 Å². The fourth-order valence-electron chi connectivity index (χ4n) is 9.06. The van der Waals surface area contributed by atoms with Crippen molar-refractivity contribution in [3.05, 3.63) is 58.9 Å². The summed E-state index contributed by atoms with van der Waals surface area (Å²) in [5.41, 5.74) is 3.89. The molecular weight excluding hydrogens is 685 g/mol. The monoisotopic (exact) mass is 742 g/mol. The number of anilines is 1. The number of methoxy groups -OCH3 is 1. The molecule has 53 heavy (non-hydrogen) atoms. The summed E-state index contributed by atoms with van der Waals surface area (Å²) in [6.07, 6.45) is 13.9. The van der Waals surface area contributed by atoms with Gasteiger partial charge in [0.2, 0.25) is 5.91 Å². The number of carbonyl (C=O) groups excluding carboxylic acids is 2. The number of hydrogen-bond acceptors (Lipinski definition) is 8. The molecule has 2 aromatic heterocycles. The number of nitrogens with zero attached hydrogens (tertiary/aromatic N) is 4. The van der Waals surface area contributed by atoms with Crippen LogP contribution >= 0.6 is 11.3 Å². The molecule has 0 spiro atoms. The van der Waals surface area contributed by atoms with Crippen LogP contribution < -0.4 is 9.64 Å². The largest absolute Gasteiger partial charge is 0.496 e. The highest BCUT2D eigenvalue weighted by Gasteiger charge is 2.51. The minimum absolute atomic E-state index is 0.0322. The maximum Gasteiger partial charge on any atom is 0.410 e. The molecule has 2 bridgehead atoms. The molecule has 1 saturated heterocycles. The lowest BCUT2D eigenvalue weighted by Crippen LogP contribution is -2.55. The molecular formula is C43H58N4O5S. The van der Waals surface area contributed by atoms with Crippen LogP contribution in [-0.2, 0) is 25.1 Å². The van der Waals surface area contributed by atoms with Crippen LogP contribution in [0.2, 0.25) is 0 Å². The molecule has 8 rings (SSSR count). The Balaban J connectivity index is 1.06. The minimum Gasteiger partial charge on any atom is -0.496 e. The summed E-state index contributed by atoms with van der Waals surface area (Å²) in [6.45, 7) is 13.4. The van der Waals surface area contributed by atoms with Crippen LogP contribution in [0.25, 0.3) is 10.4 Å². The maximum absolute atomic E-state index is 14.8. The number of likely N-dealkylation sites (tertiary alicyclic amines) is 1. The van der Waals surface area contributed by atoms with Crippen molar-refractivity contribution in [1.82, 2.24) is 14.9 Å². The van der Waals surface area contributed by atoms with E-state index >= 15 is 0 Å². The van der Waals surface area contributed by atoms with Crippen molar-refractivity contribution in [3.8, 4) is 16.2 Å². The van der Waals surface area contributed by atoms with Crippen LogP contribution in [-0.4, -0.2) is 72.4 Å². The predicted molar refractivity (Wildman–Crippen MR) is 210 cm³/mol. The molecule has 5 fully saturated rings. The Labute approximate surface area is 319 Å². The van der Waals surface area contributed by atoms with E-state index in [0.717, 1.165) is 78.6 Å². The highest BCUT2D eigenvalue weighted by atomic mass is 32.1. The summed E-state index contributed by atoms with van der Waals surface area (Å²) >= 11 is 1.71. The summed E-state index contributed by atoms with van der Waals surface area (Å²) < 4.78 is 17.2. The van der Waals surface area contributed by atoms with E-state index in [4.69, 9.17) is 24.2 Å². The third-order valence-corrected chi connectivity index (χ3v) is 14.0. The lowest BCUT2D eigenvalue weighted by atomic mass is 9.51. The van der Waals surface area contributed by atoms with Gasteiger partial charge < -0.3 is 19.1 Å². The highest BCUT2D eigenvalue weighted by molar-refractivity contribution is 7.15. The molecule has 2 amide bonds. The Morgan fingerprint density at radius 1 is 0.962 bits per heavy atom. The second-order valence-electron chi connectivity index (χ2n) is 17.3. The van der Waals surface area contributed by atoms with Crippen molar-refractivity contribution in [3.63, 3.8) is 0 Å². The zero-order chi connectivity index (χ0) is 37.4. The fourth-order valence-corrected chi connectivity index (χ4v) is 10.0. The summed E-state index contributed by atoms with van der Waals surface area (Å²) in [4.78, 5) is 42.1. The van der Waals surface area contributed by atoms with Gasteiger partial charge in [0, 0.05) is 36.9 Å². The first-order chi connectivity index (χ1) is 25.4. The van der Waals surface area contributed by atoms with Gasteiger partial charge >= 0.3 is 6.09 Å². The van der Waals surface area contributed by atoms with Gasteiger partial charge in [-0.2, -0.15) is 0 Å². The molecule has 1 aliphatic heterocycles. The number of hydrogen-bond donors (Lipinski definition) is 0. The van der Waals surface area contributed by atoms with Crippen molar-refractivity contribution in [2.24, 2.45) is 11.3 Å². The molecule has 1 aromatic carbocycles. The van der Waals surface area contributed by atoms with Gasteiger partial charge in [-0.3, -0.25) is 9.69 Å². The molecule has 0 atom stereocenters. The van der Waals surface area contributed by atoms with E-state index in [2.05, 4.69) is 58.9 Å². The quantitative estimate of drug-likeness (QED) is 0.193. The van der Waals surface area contributed by atoms with Crippen LogP contribution in [0, 0.1) is 18.3 Å². The summed E-state index contributed by atoms with van der Waals surface area (Å²) in [6, 6.07) is 10.9. The number of pyridine rings is 1. The summed E-state index contributed by atoms with van der Waals surface area (Å²) in [5.74, 6) is 1.69. The van der Waals surface area contributed by atoms with E-state index in [1.807, 2.05) is 23.4 Å². The number of benzene rings is 1. The molecule has 3 aromatic rings. The first-order valence-electron chi connectivity index (χ1n) is 19.9. The lowest BCUT2D eigenvalue weighted by molar-refractivity contribution is -0.125. The Hall–Kier alpha value is -3.50. The van der Waals surface area contributed by atoms with E-state index in [1.165, 1.54) is 11.1 Å². The molecule has 4 saturated carbocycles. The average Bonchev–Trinajstić information content (AvgIpc) is 3.66. The van der Waals surface area contributed by atoms with Gasteiger partial charge in [0.1, 0.15) is 17.7 Å². The van der Waals surface area contributed by atoms with Gasteiger partial charge in [-0.1, -0.05) is 39.8 Å². The van der Waals surface area contributed by atoms with Crippen LogP contribution in [0.5, 0.6) is 5.75 Å².